The molecular weight excluding hydrogens is 118 g/mol. The SMILES string of the molecule is [2H]C(CC)[C@@H](NC)C(=O)O. The smallest absolute Gasteiger partial charge is 0.320 e. The number of hydrogen-bond acceptors (Lipinski definition) is 2. The lowest BCUT2D eigenvalue weighted by atomic mass is 10.2. The molecule has 0 saturated heterocycles. The van der Waals surface area contributed by atoms with E-state index < -0.39 is 18.4 Å². The van der Waals surface area contributed by atoms with Crippen LogP contribution in [-0.2, 0) is 4.79 Å². The molecule has 0 rings (SSSR count). The highest BCUT2D eigenvalue weighted by Crippen LogP contribution is 1.94. The van der Waals surface area contributed by atoms with Gasteiger partial charge in [-0.15, -0.1) is 0 Å². The number of carboxylic acid groups (broad SMARTS) is 1. The van der Waals surface area contributed by atoms with Crippen LogP contribution < -0.4 is 5.32 Å². The second-order valence-electron chi connectivity index (χ2n) is 1.75. The third kappa shape index (κ3) is 3.08. The van der Waals surface area contributed by atoms with E-state index in [0.717, 1.165) is 0 Å². The Labute approximate surface area is 56.5 Å². The molecule has 3 heteroatoms. The van der Waals surface area contributed by atoms with Gasteiger partial charge < -0.3 is 10.4 Å². The monoisotopic (exact) mass is 132 g/mol. The predicted molar refractivity (Wildman–Crippen MR) is 35.4 cm³/mol. The van der Waals surface area contributed by atoms with Gasteiger partial charge >= 0.3 is 5.97 Å². The van der Waals surface area contributed by atoms with E-state index in [1.54, 1.807) is 14.0 Å². The molecular formula is C6H13NO2. The fraction of sp³-hybridized carbons (Fsp3) is 0.833. The van der Waals surface area contributed by atoms with Crippen LogP contribution in [0.2, 0.25) is 0 Å². The molecule has 0 aliphatic rings. The van der Waals surface area contributed by atoms with Crippen molar-refractivity contribution in [2.45, 2.75) is 25.8 Å². The first-order chi connectivity index (χ1) is 4.63. The minimum absolute atomic E-state index is 0.553. The van der Waals surface area contributed by atoms with Crippen molar-refractivity contribution in [2.24, 2.45) is 0 Å². The van der Waals surface area contributed by atoms with Gasteiger partial charge in [-0.05, 0) is 13.4 Å². The van der Waals surface area contributed by atoms with Crippen LogP contribution in [0.4, 0.5) is 0 Å². The summed E-state index contributed by atoms with van der Waals surface area (Å²) >= 11 is 0. The Kier molecular flexibility index (Phi) is 3.15. The van der Waals surface area contributed by atoms with Crippen LogP contribution in [0, 0.1) is 0 Å². The molecule has 0 heterocycles. The van der Waals surface area contributed by atoms with E-state index in [0.29, 0.717) is 6.42 Å². The van der Waals surface area contributed by atoms with E-state index in [-0.39, 0.29) is 0 Å². The third-order valence-electron chi connectivity index (χ3n) is 1.05. The average molecular weight is 132 g/mol. The van der Waals surface area contributed by atoms with E-state index in [1.165, 1.54) is 0 Å². The fourth-order valence-electron chi connectivity index (χ4n) is 0.578. The normalized spacial score (nSPS) is 18.2. The highest BCUT2D eigenvalue weighted by molar-refractivity contribution is 5.73. The van der Waals surface area contributed by atoms with Gasteiger partial charge in [0.2, 0.25) is 0 Å². The molecule has 0 aromatic rings. The van der Waals surface area contributed by atoms with Gasteiger partial charge in [-0.3, -0.25) is 4.79 Å². The van der Waals surface area contributed by atoms with E-state index in [2.05, 4.69) is 5.32 Å². The number of aliphatic carboxylic acids is 1. The first kappa shape index (κ1) is 6.55. The van der Waals surface area contributed by atoms with Crippen LogP contribution in [0.25, 0.3) is 0 Å². The summed E-state index contributed by atoms with van der Waals surface area (Å²) in [6, 6.07) is -0.731. The quantitative estimate of drug-likeness (QED) is 0.584. The summed E-state index contributed by atoms with van der Waals surface area (Å²) in [6.45, 7) is 1.80. The van der Waals surface area contributed by atoms with Crippen LogP contribution in [0.1, 0.15) is 21.1 Å². The van der Waals surface area contributed by atoms with Crippen LogP contribution in [0.3, 0.4) is 0 Å². The molecule has 0 aromatic carbocycles. The van der Waals surface area contributed by atoms with E-state index >= 15 is 0 Å². The zero-order valence-corrected chi connectivity index (χ0v) is 5.72. The summed E-state index contributed by atoms with van der Waals surface area (Å²) in [5.74, 6) is -0.954. The van der Waals surface area contributed by atoms with E-state index in [9.17, 15) is 4.79 Å². The molecule has 9 heavy (non-hydrogen) atoms. The summed E-state index contributed by atoms with van der Waals surface area (Å²) in [7, 11) is 1.55. The minimum Gasteiger partial charge on any atom is -0.480 e. The molecule has 0 aromatic heterocycles. The van der Waals surface area contributed by atoms with Crippen molar-refractivity contribution in [3.05, 3.63) is 0 Å². The van der Waals surface area contributed by atoms with Crippen LogP contribution in [-0.4, -0.2) is 24.2 Å². The molecule has 54 valence electrons. The topological polar surface area (TPSA) is 49.3 Å². The van der Waals surface area contributed by atoms with Crippen molar-refractivity contribution in [1.82, 2.24) is 5.32 Å². The lowest BCUT2D eigenvalue weighted by molar-refractivity contribution is -0.139. The summed E-state index contributed by atoms with van der Waals surface area (Å²) in [6.07, 6.45) is 0.000139. The number of nitrogens with one attached hydrogen (secondary N) is 1. The second-order valence-corrected chi connectivity index (χ2v) is 1.75. The highest BCUT2D eigenvalue weighted by Gasteiger charge is 2.11. The first-order valence-corrected chi connectivity index (χ1v) is 2.95. The summed E-state index contributed by atoms with van der Waals surface area (Å²) < 4.78 is 7.27. The number of likely N-dealkylation sites (N-methyl/N-ethyl adjacent to an activating group) is 1. The second kappa shape index (κ2) is 4.32. The molecule has 0 spiro atoms. The van der Waals surface area contributed by atoms with Crippen LogP contribution in [0.15, 0.2) is 0 Å². The van der Waals surface area contributed by atoms with Crippen LogP contribution in [0.5, 0.6) is 0 Å². The molecule has 0 saturated carbocycles. The van der Waals surface area contributed by atoms with Gasteiger partial charge in [-0.25, -0.2) is 0 Å². The Morgan fingerprint density at radius 2 is 2.56 bits per heavy atom. The molecule has 0 amide bonds. The van der Waals surface area contributed by atoms with Crippen molar-refractivity contribution < 1.29 is 11.3 Å². The standard InChI is InChI=1S/C6H13NO2/c1-3-4-5(7-2)6(8)9/h5,7H,3-4H2,1-2H3,(H,8,9)/t5-/m1/s1/i4D/t4?,5-. The molecule has 0 aliphatic carbocycles. The number of carboxylic acids is 1. The van der Waals surface area contributed by atoms with E-state index in [1.807, 2.05) is 0 Å². The van der Waals surface area contributed by atoms with Gasteiger partial charge in [0.15, 0.2) is 0 Å². The Morgan fingerprint density at radius 3 is 2.67 bits per heavy atom. The average Bonchev–Trinajstić information content (AvgIpc) is 1.88. The number of hydrogen-bond donors (Lipinski definition) is 2. The predicted octanol–water partition coefficient (Wildman–Crippen LogP) is 0.459. The van der Waals surface area contributed by atoms with Gasteiger partial charge in [-0.1, -0.05) is 13.3 Å². The molecule has 1 unspecified atom stereocenters. The molecule has 0 fully saturated rings. The molecule has 2 atom stereocenters. The van der Waals surface area contributed by atoms with Crippen molar-refractivity contribution in [2.75, 3.05) is 7.05 Å². The van der Waals surface area contributed by atoms with Gasteiger partial charge in [0.1, 0.15) is 6.04 Å². The maximum absolute atomic E-state index is 10.3. The number of rotatable bonds is 4. The maximum atomic E-state index is 10.3. The molecule has 0 radical (unpaired) electrons. The first-order valence-electron chi connectivity index (χ1n) is 3.53. The Bertz CT molecular complexity index is 118. The number of carbonyl (C=O) groups is 1. The summed E-state index contributed by atoms with van der Waals surface area (Å²) in [5, 5.41) is 11.1. The fourth-order valence-corrected chi connectivity index (χ4v) is 0.578. The van der Waals surface area contributed by atoms with Gasteiger partial charge in [0.05, 0.1) is 0 Å². The van der Waals surface area contributed by atoms with Gasteiger partial charge in [0.25, 0.3) is 0 Å². The third-order valence-corrected chi connectivity index (χ3v) is 1.05. The molecule has 0 bridgehead atoms. The summed E-state index contributed by atoms with van der Waals surface area (Å²) in [5.41, 5.74) is 0. The lowest BCUT2D eigenvalue weighted by Gasteiger charge is -2.07. The van der Waals surface area contributed by atoms with Crippen molar-refractivity contribution in [3.63, 3.8) is 0 Å². The highest BCUT2D eigenvalue weighted by atomic mass is 16.4. The zero-order chi connectivity index (χ0) is 8.15. The Morgan fingerprint density at radius 1 is 2.00 bits per heavy atom. The molecule has 3 nitrogen and oxygen atoms in total. The zero-order valence-electron chi connectivity index (χ0n) is 6.72. The Hall–Kier alpha value is -0.570. The van der Waals surface area contributed by atoms with Gasteiger partial charge in [0, 0.05) is 1.37 Å². The van der Waals surface area contributed by atoms with Crippen molar-refractivity contribution in [1.29, 1.82) is 0 Å². The lowest BCUT2D eigenvalue weighted by Crippen LogP contribution is -2.33. The minimum atomic E-state index is -0.954. The molecule has 0 aliphatic heterocycles. The van der Waals surface area contributed by atoms with Crippen LogP contribution >= 0.6 is 0 Å². The van der Waals surface area contributed by atoms with Crippen molar-refractivity contribution >= 4 is 5.97 Å². The largest absolute Gasteiger partial charge is 0.480 e. The van der Waals surface area contributed by atoms with Gasteiger partial charge in [-0.2, -0.15) is 0 Å². The Balaban J connectivity index is 3.92. The van der Waals surface area contributed by atoms with E-state index in [4.69, 9.17) is 6.48 Å². The molecule has 2 N–H and O–H groups in total. The summed E-state index contributed by atoms with van der Waals surface area (Å²) in [4.78, 5) is 10.3. The maximum Gasteiger partial charge on any atom is 0.320 e. The van der Waals surface area contributed by atoms with Crippen molar-refractivity contribution in [3.8, 4) is 0 Å².